The number of sulfone groups is 1. The predicted molar refractivity (Wildman–Crippen MR) is 66.7 cm³/mol. The zero-order valence-electron chi connectivity index (χ0n) is 9.64. The van der Waals surface area contributed by atoms with Crippen LogP contribution in [0.25, 0.3) is 10.9 Å². The lowest BCUT2D eigenvalue weighted by molar-refractivity contribution is 0.475. The van der Waals surface area contributed by atoms with Crippen LogP contribution in [0.3, 0.4) is 0 Å². The van der Waals surface area contributed by atoms with Crippen molar-refractivity contribution in [2.24, 2.45) is 0 Å². The average molecular weight is 251 g/mol. The van der Waals surface area contributed by atoms with E-state index < -0.39 is 9.84 Å². The Morgan fingerprint density at radius 2 is 2.06 bits per heavy atom. The van der Waals surface area contributed by atoms with Gasteiger partial charge in [-0.2, -0.15) is 0 Å². The lowest BCUT2D eigenvalue weighted by Gasteiger charge is -2.07. The third kappa shape index (κ3) is 2.39. The molecule has 0 saturated heterocycles. The van der Waals surface area contributed by atoms with Gasteiger partial charge in [0, 0.05) is 23.4 Å². The van der Waals surface area contributed by atoms with Gasteiger partial charge in [-0.3, -0.25) is 4.98 Å². The summed E-state index contributed by atoms with van der Waals surface area (Å²) in [7, 11) is -3.18. The Morgan fingerprint density at radius 3 is 2.71 bits per heavy atom. The molecule has 0 unspecified atom stereocenters. The van der Waals surface area contributed by atoms with E-state index in [1.807, 2.05) is 19.1 Å². The van der Waals surface area contributed by atoms with E-state index >= 15 is 0 Å². The molecule has 4 nitrogen and oxygen atoms in total. The fourth-order valence-electron chi connectivity index (χ4n) is 1.79. The highest BCUT2D eigenvalue weighted by molar-refractivity contribution is 7.89. The Balaban J connectivity index is 2.66. The summed E-state index contributed by atoms with van der Waals surface area (Å²) in [6, 6.07) is 5.44. The molecule has 0 radical (unpaired) electrons. The molecule has 2 aromatic rings. The van der Waals surface area contributed by atoms with Gasteiger partial charge in [0.1, 0.15) is 5.75 Å². The van der Waals surface area contributed by atoms with Crippen LogP contribution >= 0.6 is 0 Å². The summed E-state index contributed by atoms with van der Waals surface area (Å²) in [4.78, 5) is 4.20. The maximum absolute atomic E-state index is 11.2. The summed E-state index contributed by atoms with van der Waals surface area (Å²) >= 11 is 0. The van der Waals surface area contributed by atoms with Gasteiger partial charge in [-0.05, 0) is 18.6 Å². The quantitative estimate of drug-likeness (QED) is 0.883. The van der Waals surface area contributed by atoms with Crippen molar-refractivity contribution in [3.63, 3.8) is 0 Å². The number of hydrogen-bond acceptors (Lipinski definition) is 4. The maximum Gasteiger partial charge on any atom is 0.151 e. The Bertz CT molecular complexity index is 677. The van der Waals surface area contributed by atoms with Crippen LogP contribution in [0.2, 0.25) is 0 Å². The van der Waals surface area contributed by atoms with Crippen LogP contribution in [-0.2, 0) is 15.6 Å². The van der Waals surface area contributed by atoms with Crippen LogP contribution in [0.5, 0.6) is 5.75 Å². The van der Waals surface area contributed by atoms with Gasteiger partial charge in [-0.15, -0.1) is 0 Å². The number of para-hydroxylation sites is 1. The topological polar surface area (TPSA) is 67.3 Å². The number of fused-ring (bicyclic) bond motifs is 1. The van der Waals surface area contributed by atoms with Crippen LogP contribution in [0.4, 0.5) is 0 Å². The first kappa shape index (κ1) is 11.9. The second-order valence-corrected chi connectivity index (χ2v) is 6.31. The molecule has 0 bridgehead atoms. The molecular weight excluding hydrogens is 238 g/mol. The fourth-order valence-corrected chi connectivity index (χ4v) is 2.56. The van der Waals surface area contributed by atoms with E-state index in [0.717, 1.165) is 11.8 Å². The second kappa shape index (κ2) is 4.00. The number of aromatic nitrogens is 1. The molecular formula is C12H13NO3S. The minimum Gasteiger partial charge on any atom is -0.507 e. The molecule has 0 saturated carbocycles. The van der Waals surface area contributed by atoms with Crippen LogP contribution in [-0.4, -0.2) is 24.8 Å². The van der Waals surface area contributed by atoms with Crippen LogP contribution in [0, 0.1) is 6.92 Å². The highest BCUT2D eigenvalue weighted by atomic mass is 32.2. The van der Waals surface area contributed by atoms with E-state index in [-0.39, 0.29) is 11.5 Å². The van der Waals surface area contributed by atoms with Crippen LogP contribution in [0.15, 0.2) is 24.4 Å². The summed E-state index contributed by atoms with van der Waals surface area (Å²) in [6.45, 7) is 1.89. The van der Waals surface area contributed by atoms with Crippen molar-refractivity contribution in [2.75, 3.05) is 6.26 Å². The second-order valence-electron chi connectivity index (χ2n) is 4.17. The Labute approximate surface area is 99.8 Å². The Hall–Kier alpha value is -1.62. The first-order chi connectivity index (χ1) is 7.88. The highest BCUT2D eigenvalue weighted by Crippen LogP contribution is 2.29. The average Bonchev–Trinajstić information content (AvgIpc) is 2.21. The Kier molecular flexibility index (Phi) is 2.79. The molecule has 0 spiro atoms. The molecule has 0 aliphatic carbocycles. The molecule has 90 valence electrons. The normalized spacial score (nSPS) is 11.9. The number of hydrogen-bond donors (Lipinski definition) is 1. The maximum atomic E-state index is 11.2. The summed E-state index contributed by atoms with van der Waals surface area (Å²) in [5.74, 6) is -0.195. The molecule has 0 aliphatic heterocycles. The molecule has 1 heterocycles. The first-order valence-corrected chi connectivity index (χ1v) is 7.18. The van der Waals surface area contributed by atoms with E-state index in [1.54, 1.807) is 6.07 Å². The van der Waals surface area contributed by atoms with Crippen molar-refractivity contribution in [1.29, 1.82) is 0 Å². The zero-order chi connectivity index (χ0) is 12.6. The smallest absolute Gasteiger partial charge is 0.151 e. The van der Waals surface area contributed by atoms with Crippen molar-refractivity contribution in [3.05, 3.63) is 35.5 Å². The van der Waals surface area contributed by atoms with Crippen molar-refractivity contribution < 1.29 is 13.5 Å². The molecule has 1 aromatic heterocycles. The van der Waals surface area contributed by atoms with Gasteiger partial charge in [0.15, 0.2) is 9.84 Å². The fraction of sp³-hybridized carbons (Fsp3) is 0.250. The monoisotopic (exact) mass is 251 g/mol. The summed E-state index contributed by atoms with van der Waals surface area (Å²) < 4.78 is 22.4. The van der Waals surface area contributed by atoms with E-state index in [4.69, 9.17) is 0 Å². The van der Waals surface area contributed by atoms with Crippen LogP contribution in [0.1, 0.15) is 11.1 Å². The van der Waals surface area contributed by atoms with Crippen LogP contribution < -0.4 is 0 Å². The van der Waals surface area contributed by atoms with Gasteiger partial charge >= 0.3 is 0 Å². The largest absolute Gasteiger partial charge is 0.507 e. The number of aromatic hydroxyl groups is 1. The molecule has 2 rings (SSSR count). The lowest BCUT2D eigenvalue weighted by Crippen LogP contribution is -2.02. The molecule has 17 heavy (non-hydrogen) atoms. The summed E-state index contributed by atoms with van der Waals surface area (Å²) in [5.41, 5.74) is 1.98. The Morgan fingerprint density at radius 1 is 1.35 bits per heavy atom. The van der Waals surface area contributed by atoms with Crippen molar-refractivity contribution >= 4 is 20.7 Å². The molecule has 1 aromatic carbocycles. The van der Waals surface area contributed by atoms with Gasteiger partial charge in [0.2, 0.25) is 0 Å². The van der Waals surface area contributed by atoms with Gasteiger partial charge in [-0.25, -0.2) is 8.42 Å². The van der Waals surface area contributed by atoms with Crippen molar-refractivity contribution in [3.8, 4) is 5.75 Å². The molecule has 5 heteroatoms. The number of aryl methyl sites for hydroxylation is 1. The number of benzene rings is 1. The molecule has 0 atom stereocenters. The van der Waals surface area contributed by atoms with E-state index in [9.17, 15) is 13.5 Å². The molecule has 0 fully saturated rings. The minimum atomic E-state index is -3.18. The number of nitrogens with zero attached hydrogens (tertiary/aromatic N) is 1. The van der Waals surface area contributed by atoms with E-state index in [0.29, 0.717) is 16.5 Å². The predicted octanol–water partition coefficient (Wildman–Crippen LogP) is 1.79. The molecule has 0 amide bonds. The van der Waals surface area contributed by atoms with Crippen molar-refractivity contribution in [1.82, 2.24) is 4.98 Å². The molecule has 1 N–H and O–H groups in total. The summed E-state index contributed by atoms with van der Waals surface area (Å²) in [5, 5.41) is 10.6. The third-order valence-electron chi connectivity index (χ3n) is 2.56. The van der Waals surface area contributed by atoms with Crippen molar-refractivity contribution in [2.45, 2.75) is 12.7 Å². The standard InChI is InChI=1S/C12H13NO3S/c1-8-4-3-5-10-11(8)13-6-9(12(10)14)7-17(2,15)16/h3-6H,7H2,1-2H3,(H,13,14). The van der Waals surface area contributed by atoms with Gasteiger partial charge < -0.3 is 5.11 Å². The number of rotatable bonds is 2. The summed E-state index contributed by atoms with van der Waals surface area (Å²) in [6.07, 6.45) is 2.55. The first-order valence-electron chi connectivity index (χ1n) is 5.12. The van der Waals surface area contributed by atoms with Gasteiger partial charge in [-0.1, -0.05) is 12.1 Å². The van der Waals surface area contributed by atoms with Gasteiger partial charge in [0.05, 0.1) is 11.3 Å². The zero-order valence-corrected chi connectivity index (χ0v) is 10.5. The lowest BCUT2D eigenvalue weighted by atomic mass is 10.1. The highest BCUT2D eigenvalue weighted by Gasteiger charge is 2.13. The molecule has 0 aliphatic rings. The SMILES string of the molecule is Cc1cccc2c(O)c(CS(C)(=O)=O)cnc12. The third-order valence-corrected chi connectivity index (χ3v) is 3.40. The van der Waals surface area contributed by atoms with Gasteiger partial charge in [0.25, 0.3) is 0 Å². The minimum absolute atomic E-state index is 0.00382. The number of pyridine rings is 1. The van der Waals surface area contributed by atoms with E-state index in [1.165, 1.54) is 6.20 Å². The van der Waals surface area contributed by atoms with E-state index in [2.05, 4.69) is 4.98 Å².